The molecule has 1 aromatic rings. The normalized spacial score (nSPS) is 25.8. The van der Waals surface area contributed by atoms with Crippen LogP contribution in [0.1, 0.15) is 12.0 Å². The molecule has 0 saturated heterocycles. The molecule has 2 rings (SSSR count). The third-order valence-corrected chi connectivity index (χ3v) is 2.69. The average molecular weight is 190 g/mol. The monoisotopic (exact) mass is 190 g/mol. The number of carbonyl (C=O) groups is 1. The molecule has 3 N–H and O–H groups in total. The first kappa shape index (κ1) is 9.21. The van der Waals surface area contributed by atoms with E-state index < -0.39 is 0 Å². The number of anilines is 1. The third-order valence-electron chi connectivity index (χ3n) is 2.69. The summed E-state index contributed by atoms with van der Waals surface area (Å²) in [6, 6.07) is 7.70. The Kier molecular flexibility index (Phi) is 2.50. The number of para-hydroxylation sites is 1. The molecule has 1 heterocycles. The Bertz CT molecular complexity index is 338. The Hall–Kier alpha value is -1.35. The van der Waals surface area contributed by atoms with Gasteiger partial charge in [-0.25, -0.2) is 0 Å². The first-order valence-corrected chi connectivity index (χ1v) is 4.86. The van der Waals surface area contributed by atoms with Gasteiger partial charge in [0.25, 0.3) is 0 Å². The molecule has 3 heteroatoms. The first-order valence-electron chi connectivity index (χ1n) is 4.86. The number of hydrogen-bond acceptors (Lipinski definition) is 3. The molecule has 0 fully saturated rings. The first-order chi connectivity index (χ1) is 6.81. The highest BCUT2D eigenvalue weighted by Gasteiger charge is 2.21. The van der Waals surface area contributed by atoms with Gasteiger partial charge in [0, 0.05) is 11.7 Å². The number of carbonyl (C=O) groups excluding carboxylic acids is 1. The van der Waals surface area contributed by atoms with E-state index >= 15 is 0 Å². The molecular formula is C11H14N2O. The van der Waals surface area contributed by atoms with Crippen LogP contribution in [0.5, 0.6) is 0 Å². The van der Waals surface area contributed by atoms with Gasteiger partial charge in [-0.15, -0.1) is 0 Å². The van der Waals surface area contributed by atoms with Crippen molar-refractivity contribution in [3.63, 3.8) is 0 Å². The highest BCUT2D eigenvalue weighted by Crippen LogP contribution is 2.22. The zero-order valence-corrected chi connectivity index (χ0v) is 7.94. The molecule has 1 aromatic carbocycles. The SMILES string of the molecule is N[C@H]1CCc2ccccc2NC1C=O. The Morgan fingerprint density at radius 2 is 2.21 bits per heavy atom. The Labute approximate surface area is 83.3 Å². The van der Waals surface area contributed by atoms with E-state index in [9.17, 15) is 4.79 Å². The average Bonchev–Trinajstić information content (AvgIpc) is 2.38. The predicted octanol–water partition coefficient (Wildman–Crippen LogP) is 0.939. The lowest BCUT2D eigenvalue weighted by atomic mass is 10.0. The maximum absolute atomic E-state index is 10.8. The summed E-state index contributed by atoms with van der Waals surface area (Å²) in [6.45, 7) is 0. The van der Waals surface area contributed by atoms with Crippen molar-refractivity contribution in [3.8, 4) is 0 Å². The molecule has 0 radical (unpaired) electrons. The van der Waals surface area contributed by atoms with Crippen LogP contribution in [0.4, 0.5) is 5.69 Å². The Morgan fingerprint density at radius 3 is 3.00 bits per heavy atom. The summed E-state index contributed by atoms with van der Waals surface area (Å²) in [6.07, 6.45) is 2.69. The van der Waals surface area contributed by atoms with Crippen LogP contribution in [-0.4, -0.2) is 18.4 Å². The lowest BCUT2D eigenvalue weighted by Crippen LogP contribution is -2.40. The van der Waals surface area contributed by atoms with Gasteiger partial charge in [0.15, 0.2) is 0 Å². The van der Waals surface area contributed by atoms with Crippen LogP contribution in [0.15, 0.2) is 24.3 Å². The van der Waals surface area contributed by atoms with Crippen LogP contribution in [0, 0.1) is 0 Å². The van der Waals surface area contributed by atoms with Gasteiger partial charge in [0.1, 0.15) is 6.29 Å². The fraction of sp³-hybridized carbons (Fsp3) is 0.364. The van der Waals surface area contributed by atoms with Gasteiger partial charge in [0.2, 0.25) is 0 Å². The molecule has 0 amide bonds. The lowest BCUT2D eigenvalue weighted by molar-refractivity contribution is -0.108. The number of nitrogens with one attached hydrogen (secondary N) is 1. The number of nitrogens with two attached hydrogens (primary N) is 1. The van der Waals surface area contributed by atoms with Crippen molar-refractivity contribution in [2.24, 2.45) is 5.73 Å². The number of rotatable bonds is 1. The van der Waals surface area contributed by atoms with Crippen LogP contribution in [0.3, 0.4) is 0 Å². The fourth-order valence-electron chi connectivity index (χ4n) is 1.80. The van der Waals surface area contributed by atoms with Gasteiger partial charge in [0.05, 0.1) is 6.04 Å². The molecule has 3 nitrogen and oxygen atoms in total. The highest BCUT2D eigenvalue weighted by atomic mass is 16.1. The minimum absolute atomic E-state index is 0.0834. The Morgan fingerprint density at radius 1 is 1.43 bits per heavy atom. The van der Waals surface area contributed by atoms with Gasteiger partial charge in [-0.3, -0.25) is 0 Å². The molecule has 2 atom stereocenters. The molecule has 1 unspecified atom stereocenters. The highest BCUT2D eigenvalue weighted by molar-refractivity contribution is 5.68. The summed E-state index contributed by atoms with van der Waals surface area (Å²) in [5, 5.41) is 3.17. The molecule has 0 aliphatic carbocycles. The Balaban J connectivity index is 2.30. The maximum Gasteiger partial charge on any atom is 0.143 e. The summed E-state index contributed by atoms with van der Waals surface area (Å²) in [5.74, 6) is 0. The quantitative estimate of drug-likeness (QED) is 0.648. The molecule has 74 valence electrons. The minimum Gasteiger partial charge on any atom is -0.374 e. The summed E-state index contributed by atoms with van der Waals surface area (Å²) in [5.41, 5.74) is 8.16. The number of aldehydes is 1. The van der Waals surface area contributed by atoms with Crippen LogP contribution >= 0.6 is 0 Å². The number of benzene rings is 1. The van der Waals surface area contributed by atoms with E-state index in [1.807, 2.05) is 18.2 Å². The van der Waals surface area contributed by atoms with Crippen molar-refractivity contribution in [2.75, 3.05) is 5.32 Å². The van der Waals surface area contributed by atoms with Crippen LogP contribution < -0.4 is 11.1 Å². The van der Waals surface area contributed by atoms with E-state index in [-0.39, 0.29) is 12.1 Å². The molecule has 14 heavy (non-hydrogen) atoms. The molecule has 0 bridgehead atoms. The second-order valence-corrected chi connectivity index (χ2v) is 3.67. The number of fused-ring (bicyclic) bond motifs is 1. The molecule has 1 aliphatic heterocycles. The standard InChI is InChI=1S/C11H14N2O/c12-9-6-5-8-3-1-2-4-10(8)13-11(9)7-14/h1-4,7,9,11,13H,5-6,12H2/t9-,11?/m0/s1. The van der Waals surface area contributed by atoms with Crippen LogP contribution in [0.2, 0.25) is 0 Å². The number of aryl methyl sites for hydroxylation is 1. The van der Waals surface area contributed by atoms with Gasteiger partial charge in [-0.05, 0) is 24.5 Å². The van der Waals surface area contributed by atoms with Crippen LogP contribution in [0.25, 0.3) is 0 Å². The molecule has 0 spiro atoms. The van der Waals surface area contributed by atoms with Gasteiger partial charge < -0.3 is 15.8 Å². The molecule has 0 saturated carbocycles. The summed E-state index contributed by atoms with van der Waals surface area (Å²) in [4.78, 5) is 10.8. The maximum atomic E-state index is 10.8. The predicted molar refractivity (Wildman–Crippen MR) is 56.2 cm³/mol. The van der Waals surface area contributed by atoms with E-state index in [1.165, 1.54) is 5.56 Å². The smallest absolute Gasteiger partial charge is 0.143 e. The van der Waals surface area contributed by atoms with Gasteiger partial charge in [-0.1, -0.05) is 18.2 Å². The molecular weight excluding hydrogens is 176 g/mol. The zero-order valence-electron chi connectivity index (χ0n) is 7.94. The lowest BCUT2D eigenvalue weighted by Gasteiger charge is -2.17. The van der Waals surface area contributed by atoms with E-state index in [2.05, 4.69) is 11.4 Å². The summed E-state index contributed by atoms with van der Waals surface area (Å²) >= 11 is 0. The number of hydrogen-bond donors (Lipinski definition) is 2. The van der Waals surface area contributed by atoms with Crippen LogP contribution in [-0.2, 0) is 11.2 Å². The van der Waals surface area contributed by atoms with Crippen molar-refractivity contribution in [1.82, 2.24) is 0 Å². The van der Waals surface area contributed by atoms with Crippen molar-refractivity contribution in [3.05, 3.63) is 29.8 Å². The molecule has 0 aromatic heterocycles. The van der Waals surface area contributed by atoms with Gasteiger partial charge in [-0.2, -0.15) is 0 Å². The summed E-state index contributed by atoms with van der Waals surface area (Å²) in [7, 11) is 0. The van der Waals surface area contributed by atoms with Crippen molar-refractivity contribution >= 4 is 12.0 Å². The van der Waals surface area contributed by atoms with Gasteiger partial charge >= 0.3 is 0 Å². The third kappa shape index (κ3) is 1.63. The van der Waals surface area contributed by atoms with E-state index in [4.69, 9.17) is 5.73 Å². The van der Waals surface area contributed by atoms with E-state index in [0.29, 0.717) is 0 Å². The molecule has 1 aliphatic rings. The fourth-order valence-corrected chi connectivity index (χ4v) is 1.80. The largest absolute Gasteiger partial charge is 0.374 e. The second-order valence-electron chi connectivity index (χ2n) is 3.67. The second kappa shape index (κ2) is 3.80. The van der Waals surface area contributed by atoms with E-state index in [1.54, 1.807) is 0 Å². The van der Waals surface area contributed by atoms with E-state index in [0.717, 1.165) is 24.8 Å². The topological polar surface area (TPSA) is 55.1 Å². The van der Waals surface area contributed by atoms with Crippen molar-refractivity contribution < 1.29 is 4.79 Å². The van der Waals surface area contributed by atoms with Crippen molar-refractivity contribution in [2.45, 2.75) is 24.9 Å². The zero-order chi connectivity index (χ0) is 9.97. The minimum atomic E-state index is -0.251. The summed E-state index contributed by atoms with van der Waals surface area (Å²) < 4.78 is 0. The van der Waals surface area contributed by atoms with Crippen molar-refractivity contribution in [1.29, 1.82) is 0 Å².